The second kappa shape index (κ2) is 6.94. The molecule has 0 spiro atoms. The first-order valence-corrected chi connectivity index (χ1v) is 6.91. The highest BCUT2D eigenvalue weighted by atomic mass is 19.1. The Kier molecular flexibility index (Phi) is 4.99. The van der Waals surface area contributed by atoms with Crippen LogP contribution in [0.2, 0.25) is 0 Å². The molecule has 20 heavy (non-hydrogen) atoms. The molecule has 2 aromatic carbocycles. The van der Waals surface area contributed by atoms with Crippen molar-refractivity contribution in [2.45, 2.75) is 26.3 Å². The highest BCUT2D eigenvalue weighted by molar-refractivity contribution is 5.49. The van der Waals surface area contributed by atoms with Gasteiger partial charge in [-0.25, -0.2) is 4.39 Å². The van der Waals surface area contributed by atoms with E-state index in [-0.39, 0.29) is 11.9 Å². The van der Waals surface area contributed by atoms with E-state index < -0.39 is 0 Å². The normalized spacial score (nSPS) is 11.9. The predicted octanol–water partition coefficient (Wildman–Crippen LogP) is 4.27. The van der Waals surface area contributed by atoms with E-state index in [1.807, 2.05) is 37.3 Å². The molecule has 0 fully saturated rings. The van der Waals surface area contributed by atoms with Crippen LogP contribution in [-0.2, 0) is 6.42 Å². The first-order chi connectivity index (χ1) is 9.67. The lowest BCUT2D eigenvalue weighted by Gasteiger charge is -2.16. The maximum Gasteiger partial charge on any atom is 0.123 e. The Morgan fingerprint density at radius 1 is 1.15 bits per heavy atom. The summed E-state index contributed by atoms with van der Waals surface area (Å²) in [5.74, 6) is 0.670. The first kappa shape index (κ1) is 14.4. The average molecular weight is 273 g/mol. The second-order valence-electron chi connectivity index (χ2n) is 4.84. The predicted molar refractivity (Wildman–Crippen MR) is 80.8 cm³/mol. The Balaban J connectivity index is 1.97. The number of benzene rings is 2. The lowest BCUT2D eigenvalue weighted by molar-refractivity contribution is 0.340. The molecular weight excluding hydrogens is 253 g/mol. The van der Waals surface area contributed by atoms with Crippen molar-refractivity contribution in [2.24, 2.45) is 0 Å². The summed E-state index contributed by atoms with van der Waals surface area (Å²) in [4.78, 5) is 0. The van der Waals surface area contributed by atoms with Gasteiger partial charge in [-0.2, -0.15) is 0 Å². The van der Waals surface area contributed by atoms with Gasteiger partial charge >= 0.3 is 0 Å². The zero-order valence-electron chi connectivity index (χ0n) is 11.9. The van der Waals surface area contributed by atoms with Crippen LogP contribution in [0, 0.1) is 5.82 Å². The number of hydrogen-bond donors (Lipinski definition) is 1. The Morgan fingerprint density at radius 2 is 1.95 bits per heavy atom. The fourth-order valence-electron chi connectivity index (χ4n) is 2.20. The summed E-state index contributed by atoms with van der Waals surface area (Å²) in [6.45, 7) is 4.70. The number of hydrogen-bond acceptors (Lipinski definition) is 2. The molecule has 0 aromatic heterocycles. The monoisotopic (exact) mass is 273 g/mol. The van der Waals surface area contributed by atoms with Gasteiger partial charge in [0, 0.05) is 17.8 Å². The zero-order valence-corrected chi connectivity index (χ0v) is 11.9. The molecule has 0 heterocycles. The van der Waals surface area contributed by atoms with Crippen molar-refractivity contribution in [3.05, 3.63) is 59.9 Å². The fraction of sp³-hybridized carbons (Fsp3) is 0.294. The zero-order chi connectivity index (χ0) is 14.4. The molecule has 0 saturated carbocycles. The number of ether oxygens (including phenoxy) is 1. The van der Waals surface area contributed by atoms with Gasteiger partial charge in [0.05, 0.1) is 6.61 Å². The molecular formula is C17H20FNO. The molecule has 0 aliphatic heterocycles. The van der Waals surface area contributed by atoms with Crippen LogP contribution in [0.15, 0.2) is 48.5 Å². The molecule has 2 aromatic rings. The summed E-state index contributed by atoms with van der Waals surface area (Å²) in [5, 5.41) is 3.41. The third kappa shape index (κ3) is 4.26. The molecule has 1 N–H and O–H groups in total. The van der Waals surface area contributed by atoms with Gasteiger partial charge in [-0.1, -0.05) is 18.2 Å². The van der Waals surface area contributed by atoms with E-state index in [2.05, 4.69) is 12.2 Å². The maximum absolute atomic E-state index is 13.1. The van der Waals surface area contributed by atoms with Crippen LogP contribution < -0.4 is 10.1 Å². The van der Waals surface area contributed by atoms with Gasteiger partial charge in [0.25, 0.3) is 0 Å². The van der Waals surface area contributed by atoms with Crippen molar-refractivity contribution in [3.8, 4) is 5.75 Å². The molecule has 0 aliphatic rings. The van der Waals surface area contributed by atoms with Crippen molar-refractivity contribution < 1.29 is 9.13 Å². The van der Waals surface area contributed by atoms with E-state index in [0.29, 0.717) is 6.61 Å². The maximum atomic E-state index is 13.1. The van der Waals surface area contributed by atoms with Crippen LogP contribution in [0.1, 0.15) is 19.4 Å². The van der Waals surface area contributed by atoms with E-state index in [4.69, 9.17) is 4.74 Å². The highest BCUT2D eigenvalue weighted by Crippen LogP contribution is 2.19. The Hall–Kier alpha value is -2.03. The Morgan fingerprint density at radius 3 is 2.70 bits per heavy atom. The van der Waals surface area contributed by atoms with Crippen molar-refractivity contribution >= 4 is 5.69 Å². The van der Waals surface area contributed by atoms with Crippen molar-refractivity contribution in [2.75, 3.05) is 11.9 Å². The molecule has 1 unspecified atom stereocenters. The van der Waals surface area contributed by atoms with E-state index in [9.17, 15) is 4.39 Å². The van der Waals surface area contributed by atoms with Crippen molar-refractivity contribution in [3.63, 3.8) is 0 Å². The Labute approximate surface area is 119 Å². The molecule has 1 atom stereocenters. The summed E-state index contributed by atoms with van der Waals surface area (Å²) in [6.07, 6.45) is 0.774. The number of halogens is 1. The third-order valence-electron chi connectivity index (χ3n) is 2.99. The second-order valence-corrected chi connectivity index (χ2v) is 4.84. The van der Waals surface area contributed by atoms with E-state index >= 15 is 0 Å². The molecule has 106 valence electrons. The lowest BCUT2D eigenvalue weighted by Crippen LogP contribution is -2.18. The first-order valence-electron chi connectivity index (χ1n) is 6.91. The van der Waals surface area contributed by atoms with Crippen LogP contribution in [0.25, 0.3) is 0 Å². The van der Waals surface area contributed by atoms with Gasteiger partial charge in [0.2, 0.25) is 0 Å². The van der Waals surface area contributed by atoms with Crippen LogP contribution in [-0.4, -0.2) is 12.6 Å². The van der Waals surface area contributed by atoms with Crippen LogP contribution in [0.3, 0.4) is 0 Å². The quantitative estimate of drug-likeness (QED) is 0.848. The van der Waals surface area contributed by atoms with E-state index in [0.717, 1.165) is 23.4 Å². The van der Waals surface area contributed by atoms with Gasteiger partial charge in [0.1, 0.15) is 11.6 Å². The van der Waals surface area contributed by atoms with Crippen LogP contribution >= 0.6 is 0 Å². The topological polar surface area (TPSA) is 21.3 Å². The summed E-state index contributed by atoms with van der Waals surface area (Å²) in [7, 11) is 0. The molecule has 0 bridgehead atoms. The van der Waals surface area contributed by atoms with Crippen molar-refractivity contribution in [1.82, 2.24) is 0 Å². The number of nitrogens with one attached hydrogen (secondary N) is 1. The molecule has 2 rings (SSSR count). The standard InChI is InChI=1S/C17H20FNO/c1-3-20-17-9-5-8-16(12-17)19-13(2)10-14-6-4-7-15(18)11-14/h4-9,11-13,19H,3,10H2,1-2H3. The van der Waals surface area contributed by atoms with Gasteiger partial charge < -0.3 is 10.1 Å². The Bertz CT molecular complexity index is 556. The van der Waals surface area contributed by atoms with Crippen LogP contribution in [0.5, 0.6) is 5.75 Å². The molecule has 3 heteroatoms. The average Bonchev–Trinajstić information content (AvgIpc) is 2.39. The molecule has 0 amide bonds. The fourth-order valence-corrected chi connectivity index (χ4v) is 2.20. The minimum atomic E-state index is -0.187. The number of anilines is 1. The largest absolute Gasteiger partial charge is 0.494 e. The van der Waals surface area contributed by atoms with Gasteiger partial charge in [-0.05, 0) is 50.1 Å². The smallest absolute Gasteiger partial charge is 0.123 e. The van der Waals surface area contributed by atoms with Gasteiger partial charge in [-0.15, -0.1) is 0 Å². The summed E-state index contributed by atoms with van der Waals surface area (Å²) < 4.78 is 18.6. The molecule has 0 radical (unpaired) electrons. The highest BCUT2D eigenvalue weighted by Gasteiger charge is 2.05. The van der Waals surface area contributed by atoms with Crippen LogP contribution in [0.4, 0.5) is 10.1 Å². The van der Waals surface area contributed by atoms with E-state index in [1.165, 1.54) is 6.07 Å². The minimum absolute atomic E-state index is 0.187. The summed E-state index contributed by atoms with van der Waals surface area (Å²) in [6, 6.07) is 14.8. The lowest BCUT2D eigenvalue weighted by atomic mass is 10.1. The molecule has 2 nitrogen and oxygen atoms in total. The molecule has 0 saturated heterocycles. The van der Waals surface area contributed by atoms with Gasteiger partial charge in [0.15, 0.2) is 0 Å². The summed E-state index contributed by atoms with van der Waals surface area (Å²) >= 11 is 0. The van der Waals surface area contributed by atoms with E-state index in [1.54, 1.807) is 12.1 Å². The molecule has 0 aliphatic carbocycles. The van der Waals surface area contributed by atoms with Crippen molar-refractivity contribution in [1.29, 1.82) is 0 Å². The number of rotatable bonds is 6. The summed E-state index contributed by atoms with van der Waals surface area (Å²) in [5.41, 5.74) is 2.01. The minimum Gasteiger partial charge on any atom is -0.494 e. The third-order valence-corrected chi connectivity index (χ3v) is 2.99. The van der Waals surface area contributed by atoms with Gasteiger partial charge in [-0.3, -0.25) is 0 Å². The SMILES string of the molecule is CCOc1cccc(NC(C)Cc2cccc(F)c2)c1.